The van der Waals surface area contributed by atoms with E-state index in [0.29, 0.717) is 17.9 Å². The Balaban J connectivity index is 2.07. The van der Waals surface area contributed by atoms with Gasteiger partial charge in [0.05, 0.1) is 24.7 Å². The average molecular weight is 346 g/mol. The first kappa shape index (κ1) is 17.8. The average Bonchev–Trinajstić information content (AvgIpc) is 2.61. The van der Waals surface area contributed by atoms with Crippen molar-refractivity contribution in [2.75, 3.05) is 20.8 Å². The predicted molar refractivity (Wildman–Crippen MR) is 89.6 cm³/mol. The Kier molecular flexibility index (Phi) is 5.79. The highest BCUT2D eigenvalue weighted by Gasteiger charge is 2.17. The Hall–Kier alpha value is -2.56. The smallest absolute Gasteiger partial charge is 0.241 e. The molecule has 0 spiro atoms. The van der Waals surface area contributed by atoms with Crippen molar-refractivity contribution < 1.29 is 17.9 Å². The highest BCUT2D eigenvalue weighted by molar-refractivity contribution is 7.89. The standard InChI is InChI=1S/C17H18N2O4S/c1-22-15-8-7-13(11-16(15)23-2)9-10-19-24(20,21)17-6-4-3-5-14(17)12-18/h3-8,11,19H,9-10H2,1-2H3. The molecule has 0 bridgehead atoms. The first-order valence-electron chi connectivity index (χ1n) is 7.21. The zero-order valence-corrected chi connectivity index (χ0v) is 14.3. The highest BCUT2D eigenvalue weighted by atomic mass is 32.2. The lowest BCUT2D eigenvalue weighted by atomic mass is 10.1. The molecule has 7 heteroatoms. The summed E-state index contributed by atoms with van der Waals surface area (Å²) in [5.74, 6) is 1.21. The fourth-order valence-corrected chi connectivity index (χ4v) is 3.42. The number of hydrogen-bond acceptors (Lipinski definition) is 5. The maximum atomic E-state index is 12.3. The van der Waals surface area contributed by atoms with Crippen LogP contribution in [0.2, 0.25) is 0 Å². The second kappa shape index (κ2) is 7.81. The fourth-order valence-electron chi connectivity index (χ4n) is 2.24. The molecule has 2 aromatic rings. The summed E-state index contributed by atoms with van der Waals surface area (Å²) in [7, 11) is -0.631. The van der Waals surface area contributed by atoms with Crippen molar-refractivity contribution in [3.63, 3.8) is 0 Å². The quantitative estimate of drug-likeness (QED) is 0.829. The molecule has 126 valence electrons. The Bertz CT molecular complexity index is 857. The van der Waals surface area contributed by atoms with Crippen LogP contribution in [0.5, 0.6) is 11.5 Å². The van der Waals surface area contributed by atoms with Gasteiger partial charge >= 0.3 is 0 Å². The number of nitriles is 1. The Morgan fingerprint density at radius 2 is 1.79 bits per heavy atom. The second-order valence-corrected chi connectivity index (χ2v) is 6.68. The van der Waals surface area contributed by atoms with Gasteiger partial charge < -0.3 is 9.47 Å². The molecule has 1 N–H and O–H groups in total. The van der Waals surface area contributed by atoms with Crippen molar-refractivity contribution in [1.29, 1.82) is 5.26 Å². The molecular weight excluding hydrogens is 328 g/mol. The summed E-state index contributed by atoms with van der Waals surface area (Å²) in [6.07, 6.45) is 0.480. The summed E-state index contributed by atoms with van der Waals surface area (Å²) in [5.41, 5.74) is 1.03. The zero-order chi connectivity index (χ0) is 17.6. The molecule has 0 atom stereocenters. The van der Waals surface area contributed by atoms with Gasteiger partial charge in [0.2, 0.25) is 10.0 Å². The lowest BCUT2D eigenvalue weighted by Crippen LogP contribution is -2.26. The molecule has 0 unspecified atom stereocenters. The Morgan fingerprint density at radius 3 is 2.46 bits per heavy atom. The molecule has 0 amide bonds. The van der Waals surface area contributed by atoms with Gasteiger partial charge in [-0.1, -0.05) is 18.2 Å². The zero-order valence-electron chi connectivity index (χ0n) is 13.4. The number of methoxy groups -OCH3 is 2. The molecule has 0 radical (unpaired) electrons. The minimum atomic E-state index is -3.73. The van der Waals surface area contributed by atoms with Crippen LogP contribution in [0.3, 0.4) is 0 Å². The number of benzene rings is 2. The normalized spacial score (nSPS) is 10.9. The van der Waals surface area contributed by atoms with E-state index in [4.69, 9.17) is 14.7 Å². The maximum absolute atomic E-state index is 12.3. The molecule has 6 nitrogen and oxygen atoms in total. The fraction of sp³-hybridized carbons (Fsp3) is 0.235. The van der Waals surface area contributed by atoms with Crippen LogP contribution in [-0.4, -0.2) is 29.2 Å². The number of nitrogens with one attached hydrogen (secondary N) is 1. The summed E-state index contributed by atoms with van der Waals surface area (Å²) in [6, 6.07) is 13.4. The van der Waals surface area contributed by atoms with Gasteiger partial charge in [-0.25, -0.2) is 13.1 Å². The van der Waals surface area contributed by atoms with E-state index in [0.717, 1.165) is 5.56 Å². The second-order valence-electron chi connectivity index (χ2n) is 4.95. The molecule has 0 aliphatic heterocycles. The summed E-state index contributed by atoms with van der Waals surface area (Å²) in [5, 5.41) is 9.02. The number of nitrogens with zero attached hydrogens (tertiary/aromatic N) is 1. The van der Waals surface area contributed by atoms with E-state index in [1.807, 2.05) is 12.1 Å². The number of sulfonamides is 1. The van der Waals surface area contributed by atoms with E-state index in [1.165, 1.54) is 12.1 Å². The lowest BCUT2D eigenvalue weighted by Gasteiger charge is -2.11. The number of rotatable bonds is 7. The molecule has 24 heavy (non-hydrogen) atoms. The van der Waals surface area contributed by atoms with Gasteiger partial charge in [-0.05, 0) is 36.2 Å². The number of hydrogen-bond donors (Lipinski definition) is 1. The first-order valence-corrected chi connectivity index (χ1v) is 8.70. The molecule has 0 saturated heterocycles. The van der Waals surface area contributed by atoms with Crippen LogP contribution in [0.15, 0.2) is 47.4 Å². The summed E-state index contributed by atoms with van der Waals surface area (Å²) in [6.45, 7) is 0.206. The van der Waals surface area contributed by atoms with E-state index < -0.39 is 10.0 Å². The first-order chi connectivity index (χ1) is 11.5. The van der Waals surface area contributed by atoms with Crippen LogP contribution in [0.25, 0.3) is 0 Å². The predicted octanol–water partition coefficient (Wildman–Crippen LogP) is 2.10. The van der Waals surface area contributed by atoms with Gasteiger partial charge in [-0.2, -0.15) is 5.26 Å². The van der Waals surface area contributed by atoms with Crippen molar-refractivity contribution in [1.82, 2.24) is 4.72 Å². The summed E-state index contributed by atoms with van der Waals surface area (Å²) < 4.78 is 37.5. The molecular formula is C17H18N2O4S. The van der Waals surface area contributed by atoms with Crippen molar-refractivity contribution in [3.05, 3.63) is 53.6 Å². The topological polar surface area (TPSA) is 88.4 Å². The largest absolute Gasteiger partial charge is 0.493 e. The molecule has 0 saturated carbocycles. The van der Waals surface area contributed by atoms with Gasteiger partial charge in [0.15, 0.2) is 11.5 Å². The molecule has 0 aliphatic rings. The van der Waals surface area contributed by atoms with Crippen molar-refractivity contribution in [2.45, 2.75) is 11.3 Å². The molecule has 0 aromatic heterocycles. The molecule has 0 aliphatic carbocycles. The van der Waals surface area contributed by atoms with E-state index in [9.17, 15) is 8.42 Å². The highest BCUT2D eigenvalue weighted by Crippen LogP contribution is 2.27. The van der Waals surface area contributed by atoms with E-state index in [2.05, 4.69) is 4.72 Å². The van der Waals surface area contributed by atoms with Crippen LogP contribution in [0, 0.1) is 11.3 Å². The van der Waals surface area contributed by atoms with E-state index >= 15 is 0 Å². The van der Waals surface area contributed by atoms with Gasteiger partial charge in [-0.15, -0.1) is 0 Å². The summed E-state index contributed by atoms with van der Waals surface area (Å²) in [4.78, 5) is -0.0141. The van der Waals surface area contributed by atoms with Gasteiger partial charge in [0.25, 0.3) is 0 Å². The van der Waals surface area contributed by atoms with Crippen molar-refractivity contribution >= 4 is 10.0 Å². The summed E-state index contributed by atoms with van der Waals surface area (Å²) >= 11 is 0. The van der Waals surface area contributed by atoms with Gasteiger partial charge in [0.1, 0.15) is 6.07 Å². The van der Waals surface area contributed by atoms with Crippen molar-refractivity contribution in [2.24, 2.45) is 0 Å². The third-order valence-corrected chi connectivity index (χ3v) is 4.97. The lowest BCUT2D eigenvalue weighted by molar-refractivity contribution is 0.354. The monoisotopic (exact) mass is 346 g/mol. The SMILES string of the molecule is COc1ccc(CCNS(=O)(=O)c2ccccc2C#N)cc1OC. The Morgan fingerprint density at radius 1 is 1.08 bits per heavy atom. The minimum absolute atomic E-state index is 0.0141. The number of ether oxygens (including phenoxy) is 2. The van der Waals surface area contributed by atoms with Crippen LogP contribution >= 0.6 is 0 Å². The van der Waals surface area contributed by atoms with Crippen LogP contribution in [0.4, 0.5) is 0 Å². The van der Waals surface area contributed by atoms with Crippen LogP contribution in [-0.2, 0) is 16.4 Å². The van der Waals surface area contributed by atoms with Gasteiger partial charge in [-0.3, -0.25) is 0 Å². The van der Waals surface area contributed by atoms with Crippen LogP contribution in [0.1, 0.15) is 11.1 Å². The molecule has 0 fully saturated rings. The van der Waals surface area contributed by atoms with Gasteiger partial charge in [0, 0.05) is 6.54 Å². The van der Waals surface area contributed by atoms with E-state index in [-0.39, 0.29) is 17.0 Å². The van der Waals surface area contributed by atoms with Crippen molar-refractivity contribution in [3.8, 4) is 17.6 Å². The molecule has 0 heterocycles. The molecule has 2 rings (SSSR count). The minimum Gasteiger partial charge on any atom is -0.493 e. The molecule has 2 aromatic carbocycles. The third kappa shape index (κ3) is 4.04. The third-order valence-electron chi connectivity index (χ3n) is 3.45. The Labute approximate surface area is 141 Å². The van der Waals surface area contributed by atoms with E-state index in [1.54, 1.807) is 38.5 Å². The maximum Gasteiger partial charge on any atom is 0.241 e. The van der Waals surface area contributed by atoms with Crippen LogP contribution < -0.4 is 14.2 Å².